The summed E-state index contributed by atoms with van der Waals surface area (Å²) in [5.74, 6) is 0.156. The molecule has 0 rings (SSSR count). The Balaban J connectivity index is 3.62. The minimum Gasteiger partial charge on any atom is -0.463 e. The van der Waals surface area contributed by atoms with Gasteiger partial charge in [0.15, 0.2) is 0 Å². The van der Waals surface area contributed by atoms with Crippen molar-refractivity contribution < 1.29 is 29.3 Å². The van der Waals surface area contributed by atoms with Crippen LogP contribution in [0.2, 0.25) is 0 Å². The predicted octanol–water partition coefficient (Wildman–Crippen LogP) is 11.4. The van der Waals surface area contributed by atoms with Crippen LogP contribution in [-0.2, 0) is 19.1 Å². The van der Waals surface area contributed by atoms with E-state index < -0.39 is 12.2 Å². The number of unbranched alkanes of at least 4 members (excludes halogenated alkanes) is 12. The maximum atomic E-state index is 12.0. The molecule has 0 fully saturated rings. The van der Waals surface area contributed by atoms with Gasteiger partial charge in [0, 0.05) is 12.8 Å². The number of carbonyl (C=O) groups is 2. The molecule has 0 radical (unpaired) electrons. The fourth-order valence-electron chi connectivity index (χ4n) is 5.20. The quantitative estimate of drug-likeness (QED) is 0.0301. The zero-order chi connectivity index (χ0) is 36.8. The Hall–Kier alpha value is -2.70. The van der Waals surface area contributed by atoms with Crippen LogP contribution in [0.3, 0.4) is 0 Å². The maximum absolute atomic E-state index is 12.0. The fraction of sp³-hybridized carbons (Fsp3) is 0.682. The number of hydrogen-bond donors (Lipinski definition) is 2. The SMILES string of the molecule is CC/C=C\CC(O)/C=C/C=C/C/C=C\C/C=C\C/C=C\CCC(=O)OC[C@H](O)COC(=O)CCCCCCCCCCCCCCCC(C)C. The number of rotatable bonds is 34. The summed E-state index contributed by atoms with van der Waals surface area (Å²) < 4.78 is 10.3. The molecule has 0 aromatic carbocycles. The van der Waals surface area contributed by atoms with Gasteiger partial charge in [0.25, 0.3) is 0 Å². The first-order valence-corrected chi connectivity index (χ1v) is 20.0. The van der Waals surface area contributed by atoms with Crippen molar-refractivity contribution in [2.45, 2.75) is 174 Å². The van der Waals surface area contributed by atoms with Crippen LogP contribution in [0.4, 0.5) is 0 Å². The molecule has 0 saturated carbocycles. The highest BCUT2D eigenvalue weighted by Crippen LogP contribution is 2.15. The van der Waals surface area contributed by atoms with Crippen molar-refractivity contribution in [1.29, 1.82) is 0 Å². The third kappa shape index (κ3) is 38.1. The third-order valence-electron chi connectivity index (χ3n) is 8.23. The number of esters is 2. The lowest BCUT2D eigenvalue weighted by Crippen LogP contribution is -2.25. The predicted molar refractivity (Wildman–Crippen MR) is 211 cm³/mol. The van der Waals surface area contributed by atoms with E-state index in [-0.39, 0.29) is 31.6 Å². The molecule has 0 spiro atoms. The minimum atomic E-state index is -1.01. The van der Waals surface area contributed by atoms with Gasteiger partial charge in [0.05, 0.1) is 6.10 Å². The van der Waals surface area contributed by atoms with Crippen molar-refractivity contribution in [3.63, 3.8) is 0 Å². The topological polar surface area (TPSA) is 93.1 Å². The Morgan fingerprint density at radius 2 is 1.04 bits per heavy atom. The van der Waals surface area contributed by atoms with E-state index >= 15 is 0 Å². The van der Waals surface area contributed by atoms with Crippen molar-refractivity contribution >= 4 is 11.9 Å². The molecule has 50 heavy (non-hydrogen) atoms. The summed E-state index contributed by atoms with van der Waals surface area (Å²) in [6, 6.07) is 0. The maximum Gasteiger partial charge on any atom is 0.306 e. The molecule has 0 saturated heterocycles. The van der Waals surface area contributed by atoms with Gasteiger partial charge in [-0.15, -0.1) is 0 Å². The normalized spacial score (nSPS) is 13.7. The molecule has 6 nitrogen and oxygen atoms in total. The second-order valence-corrected chi connectivity index (χ2v) is 13.7. The van der Waals surface area contributed by atoms with E-state index in [0.29, 0.717) is 19.3 Å². The Bertz CT molecular complexity index is 958. The van der Waals surface area contributed by atoms with Crippen LogP contribution in [0.5, 0.6) is 0 Å². The van der Waals surface area contributed by atoms with E-state index in [9.17, 15) is 19.8 Å². The summed E-state index contributed by atoms with van der Waals surface area (Å²) in [4.78, 5) is 23.9. The summed E-state index contributed by atoms with van der Waals surface area (Å²) in [5, 5.41) is 19.8. The Labute approximate surface area is 306 Å². The van der Waals surface area contributed by atoms with Crippen LogP contribution in [0.25, 0.3) is 0 Å². The van der Waals surface area contributed by atoms with E-state index in [1.54, 1.807) is 6.08 Å². The lowest BCUT2D eigenvalue weighted by atomic mass is 10.0. The van der Waals surface area contributed by atoms with Crippen LogP contribution >= 0.6 is 0 Å². The second-order valence-electron chi connectivity index (χ2n) is 13.7. The zero-order valence-electron chi connectivity index (χ0n) is 32.2. The van der Waals surface area contributed by atoms with Gasteiger partial charge in [-0.05, 0) is 50.9 Å². The van der Waals surface area contributed by atoms with Crippen molar-refractivity contribution in [2.75, 3.05) is 13.2 Å². The lowest BCUT2D eigenvalue weighted by molar-refractivity contribution is -0.152. The zero-order valence-corrected chi connectivity index (χ0v) is 32.2. The molecule has 0 aromatic rings. The Morgan fingerprint density at radius 3 is 1.58 bits per heavy atom. The fourth-order valence-corrected chi connectivity index (χ4v) is 5.20. The van der Waals surface area contributed by atoms with Crippen LogP contribution in [0.1, 0.15) is 162 Å². The summed E-state index contributed by atoms with van der Waals surface area (Å²) >= 11 is 0. The van der Waals surface area contributed by atoms with Crippen LogP contribution in [0, 0.1) is 5.92 Å². The molecule has 6 heteroatoms. The first-order chi connectivity index (χ1) is 24.3. The van der Waals surface area contributed by atoms with E-state index in [0.717, 1.165) is 50.9 Å². The second kappa shape index (κ2) is 37.6. The summed E-state index contributed by atoms with van der Waals surface area (Å²) in [6.45, 7) is 6.37. The van der Waals surface area contributed by atoms with Gasteiger partial charge in [-0.1, -0.05) is 177 Å². The van der Waals surface area contributed by atoms with Gasteiger partial charge >= 0.3 is 11.9 Å². The monoisotopic (exact) mass is 699 g/mol. The van der Waals surface area contributed by atoms with Crippen molar-refractivity contribution in [1.82, 2.24) is 0 Å². The molecule has 0 aliphatic heterocycles. The summed E-state index contributed by atoms with van der Waals surface area (Å²) in [7, 11) is 0. The standard InChI is InChI=1S/C44H74O6/c1-4-5-28-34-41(45)35-30-25-21-17-13-9-7-11-15-19-23-27-32-37-44(48)50-39-42(46)38-49-43(47)36-31-26-22-18-14-10-6-8-12-16-20-24-29-33-40(2)3/h5,9,11,13,15,21,23,25,27-28,30,35,40-42,45-46H,4,6-8,10,12,14,16-20,22,24,26,29,31-34,36-39H2,1-3H3/b13-9-,15-11-,25-21+,27-23-,28-5-,35-30+/t41?,42-/m1/s1. The Morgan fingerprint density at radius 1 is 0.560 bits per heavy atom. The highest BCUT2D eigenvalue weighted by Gasteiger charge is 2.11. The molecular formula is C44H74O6. The van der Waals surface area contributed by atoms with Gasteiger partial charge < -0.3 is 19.7 Å². The molecule has 286 valence electrons. The van der Waals surface area contributed by atoms with Gasteiger partial charge in [-0.25, -0.2) is 0 Å². The molecule has 0 bridgehead atoms. The first kappa shape index (κ1) is 47.3. The van der Waals surface area contributed by atoms with Crippen molar-refractivity contribution in [2.24, 2.45) is 5.92 Å². The number of carbonyl (C=O) groups excluding carboxylic acids is 2. The number of hydrogen-bond acceptors (Lipinski definition) is 6. The molecule has 0 heterocycles. The van der Waals surface area contributed by atoms with E-state index in [4.69, 9.17) is 9.47 Å². The number of aliphatic hydroxyl groups excluding tert-OH is 2. The summed E-state index contributed by atoms with van der Waals surface area (Å²) in [5.41, 5.74) is 0. The number of aliphatic hydroxyl groups is 2. The molecule has 1 unspecified atom stereocenters. The van der Waals surface area contributed by atoms with Crippen LogP contribution in [-0.4, -0.2) is 47.6 Å². The van der Waals surface area contributed by atoms with Gasteiger partial charge in [-0.2, -0.15) is 0 Å². The van der Waals surface area contributed by atoms with E-state index in [1.165, 1.54) is 70.6 Å². The average Bonchev–Trinajstić information content (AvgIpc) is 3.09. The molecule has 2 N–H and O–H groups in total. The Kier molecular flexibility index (Phi) is 35.5. The van der Waals surface area contributed by atoms with Gasteiger partial charge in [0.2, 0.25) is 0 Å². The summed E-state index contributed by atoms with van der Waals surface area (Å²) in [6.07, 6.45) is 45.8. The van der Waals surface area contributed by atoms with Gasteiger partial charge in [0.1, 0.15) is 19.3 Å². The van der Waals surface area contributed by atoms with Crippen LogP contribution in [0.15, 0.2) is 72.9 Å². The molecule has 0 amide bonds. The smallest absolute Gasteiger partial charge is 0.306 e. The molecule has 0 aliphatic carbocycles. The number of ether oxygens (including phenoxy) is 2. The molecule has 2 atom stereocenters. The average molecular weight is 699 g/mol. The molecule has 0 aliphatic rings. The van der Waals surface area contributed by atoms with E-state index in [1.807, 2.05) is 30.4 Å². The minimum absolute atomic E-state index is 0.151. The van der Waals surface area contributed by atoms with Crippen molar-refractivity contribution in [3.05, 3.63) is 72.9 Å². The lowest BCUT2D eigenvalue weighted by Gasteiger charge is -2.12. The van der Waals surface area contributed by atoms with Crippen molar-refractivity contribution in [3.8, 4) is 0 Å². The van der Waals surface area contributed by atoms with E-state index in [2.05, 4.69) is 57.2 Å². The number of allylic oxidation sites excluding steroid dienone is 10. The first-order valence-electron chi connectivity index (χ1n) is 20.0. The van der Waals surface area contributed by atoms with Gasteiger partial charge in [-0.3, -0.25) is 9.59 Å². The third-order valence-corrected chi connectivity index (χ3v) is 8.23. The highest BCUT2D eigenvalue weighted by molar-refractivity contribution is 5.70. The molecular weight excluding hydrogens is 624 g/mol. The van der Waals surface area contributed by atoms with Crippen LogP contribution < -0.4 is 0 Å². The highest BCUT2D eigenvalue weighted by atomic mass is 16.6. The largest absolute Gasteiger partial charge is 0.463 e. The molecule has 0 aromatic heterocycles.